The van der Waals surface area contributed by atoms with Crippen LogP contribution >= 0.6 is 11.3 Å². The van der Waals surface area contributed by atoms with Crippen LogP contribution in [0.2, 0.25) is 0 Å². The van der Waals surface area contributed by atoms with Crippen LogP contribution in [0.25, 0.3) is 22.6 Å². The lowest BCUT2D eigenvalue weighted by molar-refractivity contribution is -0.119. The minimum Gasteiger partial charge on any atom is -0.452 e. The number of aromatic nitrogens is 1. The number of hydrogen-bond acceptors (Lipinski definition) is 6. The van der Waals surface area contributed by atoms with Gasteiger partial charge in [-0.05, 0) is 71.7 Å². The number of nitriles is 1. The number of pyridine rings is 1. The van der Waals surface area contributed by atoms with E-state index in [0.717, 1.165) is 35.2 Å². The molecular weight excluding hydrogens is 477 g/mol. The highest BCUT2D eigenvalue weighted by Gasteiger charge is 2.26. The zero-order valence-corrected chi connectivity index (χ0v) is 19.9. The van der Waals surface area contributed by atoms with Crippen LogP contribution in [0, 0.1) is 17.1 Å². The molecule has 1 N–H and O–H groups in total. The van der Waals surface area contributed by atoms with E-state index in [1.54, 1.807) is 23.6 Å². The van der Waals surface area contributed by atoms with Crippen molar-refractivity contribution in [3.05, 3.63) is 93.7 Å². The fourth-order valence-electron chi connectivity index (χ4n) is 4.33. The number of nitrogens with zero attached hydrogens (tertiary/aromatic N) is 2. The van der Waals surface area contributed by atoms with Crippen LogP contribution in [0.3, 0.4) is 0 Å². The zero-order valence-electron chi connectivity index (χ0n) is 19.1. The van der Waals surface area contributed by atoms with Crippen LogP contribution in [0.1, 0.15) is 45.6 Å². The molecule has 0 saturated heterocycles. The summed E-state index contributed by atoms with van der Waals surface area (Å²) >= 11 is 1.22. The van der Waals surface area contributed by atoms with Gasteiger partial charge in [-0.1, -0.05) is 30.3 Å². The van der Waals surface area contributed by atoms with E-state index in [-0.39, 0.29) is 5.82 Å². The monoisotopic (exact) mass is 497 g/mol. The summed E-state index contributed by atoms with van der Waals surface area (Å²) in [4.78, 5) is 30.6. The molecule has 0 radical (unpaired) electrons. The van der Waals surface area contributed by atoms with E-state index in [9.17, 15) is 14.0 Å². The number of nitrogens with one attached hydrogen (secondary N) is 1. The van der Waals surface area contributed by atoms with Crippen molar-refractivity contribution in [1.29, 1.82) is 5.26 Å². The largest absolute Gasteiger partial charge is 0.452 e. The second-order valence-electron chi connectivity index (χ2n) is 8.31. The SMILES string of the molecule is N#Cc1ccsc1NC(=O)COC(=O)c1c2c(nc3ccccc13)/C(=C/c1ccc(F)cc1)CCC2. The summed E-state index contributed by atoms with van der Waals surface area (Å²) < 4.78 is 18.8. The number of anilines is 1. The smallest absolute Gasteiger partial charge is 0.339 e. The lowest BCUT2D eigenvalue weighted by Crippen LogP contribution is -2.22. The fraction of sp³-hybridized carbons (Fsp3) is 0.143. The molecule has 5 rings (SSSR count). The molecule has 1 amide bonds. The van der Waals surface area contributed by atoms with E-state index in [1.807, 2.05) is 36.4 Å². The molecule has 4 aromatic rings. The average molecular weight is 498 g/mol. The summed E-state index contributed by atoms with van der Waals surface area (Å²) in [5.41, 5.74) is 4.72. The van der Waals surface area contributed by atoms with Gasteiger partial charge in [0.15, 0.2) is 6.61 Å². The first-order chi connectivity index (χ1) is 17.5. The van der Waals surface area contributed by atoms with E-state index in [0.29, 0.717) is 33.5 Å². The first kappa shape index (κ1) is 23.4. The quantitative estimate of drug-likeness (QED) is 0.343. The van der Waals surface area contributed by atoms with Gasteiger partial charge in [-0.3, -0.25) is 4.79 Å². The molecule has 6 nitrogen and oxygen atoms in total. The maximum Gasteiger partial charge on any atom is 0.339 e. The van der Waals surface area contributed by atoms with E-state index in [4.69, 9.17) is 15.0 Å². The van der Waals surface area contributed by atoms with Crippen LogP contribution < -0.4 is 5.32 Å². The van der Waals surface area contributed by atoms with Crippen molar-refractivity contribution in [1.82, 2.24) is 4.98 Å². The minimum absolute atomic E-state index is 0.303. The molecule has 0 fully saturated rings. The average Bonchev–Trinajstić information content (AvgIpc) is 3.34. The Morgan fingerprint density at radius 2 is 1.94 bits per heavy atom. The van der Waals surface area contributed by atoms with Crippen molar-refractivity contribution in [3.8, 4) is 6.07 Å². The lowest BCUT2D eigenvalue weighted by Gasteiger charge is -2.22. The van der Waals surface area contributed by atoms with Crippen LogP contribution in [0.15, 0.2) is 60.0 Å². The molecule has 2 aromatic heterocycles. The van der Waals surface area contributed by atoms with Crippen molar-refractivity contribution < 1.29 is 18.7 Å². The fourth-order valence-corrected chi connectivity index (χ4v) is 5.08. The third-order valence-corrected chi connectivity index (χ3v) is 6.79. The van der Waals surface area contributed by atoms with Gasteiger partial charge in [0.05, 0.1) is 22.3 Å². The van der Waals surface area contributed by atoms with Crippen molar-refractivity contribution >= 4 is 50.8 Å². The Morgan fingerprint density at radius 1 is 1.14 bits per heavy atom. The van der Waals surface area contributed by atoms with Gasteiger partial charge in [-0.2, -0.15) is 5.26 Å². The number of halogens is 1. The Bertz CT molecular complexity index is 1550. The van der Waals surface area contributed by atoms with Crippen molar-refractivity contribution in [2.45, 2.75) is 19.3 Å². The highest BCUT2D eigenvalue weighted by molar-refractivity contribution is 7.14. The highest BCUT2D eigenvalue weighted by Crippen LogP contribution is 2.36. The molecule has 36 heavy (non-hydrogen) atoms. The summed E-state index contributed by atoms with van der Waals surface area (Å²) in [7, 11) is 0. The summed E-state index contributed by atoms with van der Waals surface area (Å²) in [5.74, 6) is -1.43. The predicted octanol–water partition coefficient (Wildman–Crippen LogP) is 5.98. The van der Waals surface area contributed by atoms with Gasteiger partial charge < -0.3 is 10.1 Å². The summed E-state index contributed by atoms with van der Waals surface area (Å²) in [5, 5.41) is 14.5. The molecule has 0 bridgehead atoms. The normalized spacial score (nSPS) is 13.7. The van der Waals surface area contributed by atoms with Crippen LogP contribution in [0.5, 0.6) is 0 Å². The van der Waals surface area contributed by atoms with Gasteiger partial charge in [-0.25, -0.2) is 14.2 Å². The Kier molecular flexibility index (Phi) is 6.56. The molecule has 2 heterocycles. The van der Waals surface area contributed by atoms with Gasteiger partial charge in [0.25, 0.3) is 5.91 Å². The predicted molar refractivity (Wildman–Crippen MR) is 137 cm³/mol. The molecule has 2 aromatic carbocycles. The van der Waals surface area contributed by atoms with Crippen molar-refractivity contribution in [3.63, 3.8) is 0 Å². The molecular formula is C28H20FN3O3S. The number of amides is 1. The summed E-state index contributed by atoms with van der Waals surface area (Å²) in [6.45, 7) is -0.481. The standard InChI is InChI=1S/C28H20FN3O3S/c29-20-10-8-17(9-11-20)14-18-4-3-6-22-25(21-5-1-2-7-23(21)31-26(18)22)28(34)35-16-24(33)32-27-19(15-30)12-13-36-27/h1-2,5,7-14H,3-4,6,16H2,(H,32,33)/b18-14+. The number of benzene rings is 2. The molecule has 1 aliphatic rings. The Morgan fingerprint density at radius 3 is 2.75 bits per heavy atom. The number of allylic oxidation sites excluding steroid dienone is 1. The van der Waals surface area contributed by atoms with Gasteiger partial charge in [0, 0.05) is 5.39 Å². The number of carbonyl (C=O) groups excluding carboxylic acids is 2. The van der Waals surface area contributed by atoms with Gasteiger partial charge in [0.2, 0.25) is 0 Å². The van der Waals surface area contributed by atoms with Crippen LogP contribution in [0.4, 0.5) is 9.39 Å². The van der Waals surface area contributed by atoms with Crippen molar-refractivity contribution in [2.24, 2.45) is 0 Å². The minimum atomic E-state index is -0.602. The molecule has 0 aliphatic heterocycles. The van der Waals surface area contributed by atoms with E-state index >= 15 is 0 Å². The van der Waals surface area contributed by atoms with Crippen LogP contribution in [-0.4, -0.2) is 23.5 Å². The number of hydrogen-bond donors (Lipinski definition) is 1. The maximum atomic E-state index is 13.4. The van der Waals surface area contributed by atoms with Crippen molar-refractivity contribution in [2.75, 3.05) is 11.9 Å². The molecule has 8 heteroatoms. The Labute approximate surface area is 210 Å². The summed E-state index contributed by atoms with van der Waals surface area (Å²) in [6, 6.07) is 17.2. The molecule has 178 valence electrons. The second-order valence-corrected chi connectivity index (χ2v) is 9.22. The zero-order chi connectivity index (χ0) is 25.1. The molecule has 0 unspecified atom stereocenters. The first-order valence-electron chi connectivity index (χ1n) is 11.4. The number of ether oxygens (including phenoxy) is 1. The molecule has 0 atom stereocenters. The topological polar surface area (TPSA) is 92.1 Å². The van der Waals surface area contributed by atoms with Gasteiger partial charge >= 0.3 is 5.97 Å². The number of para-hydroxylation sites is 1. The molecule has 1 aliphatic carbocycles. The number of thiophene rings is 1. The van der Waals surface area contributed by atoms with E-state index in [2.05, 4.69) is 5.32 Å². The Hall–Kier alpha value is -4.35. The summed E-state index contributed by atoms with van der Waals surface area (Å²) in [6.07, 6.45) is 4.20. The second kappa shape index (κ2) is 10.1. The van der Waals surface area contributed by atoms with E-state index < -0.39 is 18.5 Å². The number of rotatable bonds is 5. The maximum absolute atomic E-state index is 13.4. The molecule has 0 saturated carbocycles. The number of esters is 1. The van der Waals surface area contributed by atoms with Gasteiger partial charge in [-0.15, -0.1) is 11.3 Å². The third-order valence-electron chi connectivity index (χ3n) is 5.96. The number of fused-ring (bicyclic) bond motifs is 2. The van der Waals surface area contributed by atoms with Gasteiger partial charge in [0.1, 0.15) is 16.9 Å². The third kappa shape index (κ3) is 4.74. The first-order valence-corrected chi connectivity index (χ1v) is 12.2. The van der Waals surface area contributed by atoms with Crippen LogP contribution in [-0.2, 0) is 16.0 Å². The number of carbonyl (C=O) groups is 2. The van der Waals surface area contributed by atoms with E-state index in [1.165, 1.54) is 23.5 Å². The Balaban J connectivity index is 1.47. The molecule has 0 spiro atoms. The lowest BCUT2D eigenvalue weighted by atomic mass is 9.86. The highest BCUT2D eigenvalue weighted by atomic mass is 32.1.